The predicted octanol–water partition coefficient (Wildman–Crippen LogP) is 17.8. The Kier molecular flexibility index (Phi) is 8.56. The maximum atomic E-state index is 7.03. The third kappa shape index (κ3) is 5.83. The van der Waals surface area contributed by atoms with Crippen LogP contribution in [0.4, 0.5) is 34.1 Å². The number of rotatable bonds is 7. The first-order valence-corrected chi connectivity index (χ1v) is 22.8. The van der Waals surface area contributed by atoms with Crippen molar-refractivity contribution in [2.24, 2.45) is 0 Å². The van der Waals surface area contributed by atoms with Gasteiger partial charge in [0, 0.05) is 56.1 Å². The fourth-order valence-corrected chi connectivity index (χ4v) is 10.9. The van der Waals surface area contributed by atoms with Crippen LogP contribution in [0.3, 0.4) is 0 Å². The molecule has 2 aliphatic rings. The second kappa shape index (κ2) is 14.8. The van der Waals surface area contributed by atoms with Crippen LogP contribution >= 0.6 is 0 Å². The highest BCUT2D eigenvalue weighted by molar-refractivity contribution is 6.25. The van der Waals surface area contributed by atoms with Gasteiger partial charge in [-0.3, -0.25) is 0 Å². The van der Waals surface area contributed by atoms with Gasteiger partial charge < -0.3 is 14.5 Å². The third-order valence-electron chi connectivity index (χ3n) is 14.0. The van der Waals surface area contributed by atoms with E-state index in [1.165, 1.54) is 60.3 Å². The molecule has 0 bridgehead atoms. The van der Waals surface area contributed by atoms with E-state index < -0.39 is 0 Å². The number of ether oxygens (including phenoxy) is 1. The predicted molar refractivity (Wildman–Crippen MR) is 277 cm³/mol. The van der Waals surface area contributed by atoms with Crippen molar-refractivity contribution in [3.8, 4) is 44.9 Å². The zero-order valence-corrected chi connectivity index (χ0v) is 36.7. The Morgan fingerprint density at radius 1 is 0.318 bits per heavy atom. The number of para-hydroxylation sites is 3. The van der Waals surface area contributed by atoms with Gasteiger partial charge in [0.2, 0.25) is 0 Å². The van der Waals surface area contributed by atoms with Crippen LogP contribution in [-0.2, 0) is 5.41 Å². The summed E-state index contributed by atoms with van der Waals surface area (Å²) in [4.78, 5) is 4.80. The van der Waals surface area contributed by atoms with E-state index in [1.54, 1.807) is 0 Å². The molecular formula is C63H44N2O. The minimum Gasteiger partial charge on any atom is -0.456 e. The smallest absolute Gasteiger partial charge is 0.137 e. The lowest BCUT2D eigenvalue weighted by atomic mass is 9.82. The van der Waals surface area contributed by atoms with Crippen molar-refractivity contribution in [3.63, 3.8) is 0 Å². The largest absolute Gasteiger partial charge is 0.456 e. The van der Waals surface area contributed by atoms with Crippen molar-refractivity contribution in [2.45, 2.75) is 19.3 Å². The Morgan fingerprint density at radius 3 is 1.64 bits per heavy atom. The van der Waals surface area contributed by atoms with Crippen LogP contribution in [0.5, 0.6) is 11.5 Å². The summed E-state index contributed by atoms with van der Waals surface area (Å²) in [6.45, 7) is 4.72. The average Bonchev–Trinajstić information content (AvgIpc) is 3.60. The normalized spacial score (nSPS) is 12.9. The molecule has 3 heteroatoms. The first kappa shape index (κ1) is 38.1. The van der Waals surface area contributed by atoms with E-state index in [1.807, 2.05) is 0 Å². The fourth-order valence-electron chi connectivity index (χ4n) is 10.9. The maximum Gasteiger partial charge on any atom is 0.137 e. The second-order valence-corrected chi connectivity index (χ2v) is 18.0. The SMILES string of the molecule is CC1(C)c2ccccc2-c2ccc(N(c3ccccc3)c3cc4c5cccc6c5c(cc4c4ccccc34)-c3ccc(N(c4ccccc4)c4ccccc4-c4ccccc4)cc3O6)cc21. The molecule has 0 N–H and O–H groups in total. The maximum absolute atomic E-state index is 7.03. The Labute approximate surface area is 385 Å². The van der Waals surface area contributed by atoms with Crippen molar-refractivity contribution in [1.82, 2.24) is 0 Å². The van der Waals surface area contributed by atoms with E-state index in [2.05, 4.69) is 254 Å². The Bertz CT molecular complexity index is 3710. The van der Waals surface area contributed by atoms with Crippen molar-refractivity contribution in [1.29, 1.82) is 0 Å². The van der Waals surface area contributed by atoms with Crippen LogP contribution in [0.15, 0.2) is 231 Å². The number of anilines is 6. The summed E-state index contributed by atoms with van der Waals surface area (Å²) in [5, 5.41) is 7.11. The van der Waals surface area contributed by atoms with Gasteiger partial charge in [0.15, 0.2) is 0 Å². The molecule has 11 aromatic carbocycles. The van der Waals surface area contributed by atoms with Crippen LogP contribution in [0.1, 0.15) is 25.0 Å². The van der Waals surface area contributed by atoms with Gasteiger partial charge in [-0.15, -0.1) is 0 Å². The molecule has 11 aromatic rings. The number of fused-ring (bicyclic) bond motifs is 9. The Hall–Kier alpha value is -8.40. The molecule has 13 rings (SSSR count). The summed E-state index contributed by atoms with van der Waals surface area (Å²) in [6, 6.07) is 83.7. The quantitative estimate of drug-likeness (QED) is 0.149. The lowest BCUT2D eigenvalue weighted by molar-refractivity contribution is 0.487. The van der Waals surface area contributed by atoms with Gasteiger partial charge in [0.05, 0.1) is 11.4 Å². The summed E-state index contributed by atoms with van der Waals surface area (Å²) in [7, 11) is 0. The van der Waals surface area contributed by atoms with Crippen LogP contribution in [0.2, 0.25) is 0 Å². The monoisotopic (exact) mass is 844 g/mol. The van der Waals surface area contributed by atoms with Gasteiger partial charge >= 0.3 is 0 Å². The van der Waals surface area contributed by atoms with E-state index in [4.69, 9.17) is 4.74 Å². The summed E-state index contributed by atoms with van der Waals surface area (Å²) < 4.78 is 7.03. The molecule has 1 heterocycles. The number of benzene rings is 11. The van der Waals surface area contributed by atoms with Crippen molar-refractivity contribution >= 4 is 66.4 Å². The first-order chi connectivity index (χ1) is 32.5. The summed E-state index contributed by atoms with van der Waals surface area (Å²) >= 11 is 0. The minimum absolute atomic E-state index is 0.129. The zero-order chi connectivity index (χ0) is 43.9. The van der Waals surface area contributed by atoms with Gasteiger partial charge in [0.1, 0.15) is 11.5 Å². The Balaban J connectivity index is 0.999. The fraction of sp³-hybridized carbons (Fsp3) is 0.0476. The molecule has 3 nitrogen and oxygen atoms in total. The average molecular weight is 845 g/mol. The molecule has 0 spiro atoms. The van der Waals surface area contributed by atoms with Gasteiger partial charge in [0.25, 0.3) is 0 Å². The number of nitrogens with zero attached hydrogens (tertiary/aromatic N) is 2. The molecule has 0 unspecified atom stereocenters. The zero-order valence-electron chi connectivity index (χ0n) is 36.7. The highest BCUT2D eigenvalue weighted by Crippen LogP contribution is 2.55. The van der Waals surface area contributed by atoms with Crippen LogP contribution in [-0.4, -0.2) is 0 Å². The molecule has 1 aliphatic heterocycles. The van der Waals surface area contributed by atoms with Crippen LogP contribution in [0.25, 0.3) is 65.7 Å². The van der Waals surface area contributed by atoms with Crippen molar-refractivity contribution in [2.75, 3.05) is 9.80 Å². The topological polar surface area (TPSA) is 15.7 Å². The van der Waals surface area contributed by atoms with E-state index in [0.29, 0.717) is 0 Å². The van der Waals surface area contributed by atoms with Crippen molar-refractivity contribution < 1.29 is 4.74 Å². The lowest BCUT2D eigenvalue weighted by Gasteiger charge is -2.30. The van der Waals surface area contributed by atoms with Gasteiger partial charge in [-0.2, -0.15) is 0 Å². The summed E-state index contributed by atoms with van der Waals surface area (Å²) in [5.41, 5.74) is 16.4. The standard InChI is InChI=1S/C63H44N2O/c1-63(2)56-30-16-14-27-48(56)49-35-33-44(37-57(49)63)65(43-23-10-5-11-24-43)59-40-54-52-29-18-32-60-62(52)55(39-53(54)47-26-12-13-28-50(47)59)51-36-34-45(38-61(51)66-60)64(42-21-8-4-9-22-42)58-31-17-15-25-46(58)41-19-6-3-7-20-41/h3-40H,1-2H3. The molecule has 0 aromatic heterocycles. The van der Waals surface area contributed by atoms with Crippen LogP contribution in [0, 0.1) is 0 Å². The summed E-state index contributed by atoms with van der Waals surface area (Å²) in [6.07, 6.45) is 0. The number of hydrogen-bond acceptors (Lipinski definition) is 3. The highest BCUT2D eigenvalue weighted by atomic mass is 16.5. The molecule has 0 saturated heterocycles. The second-order valence-electron chi connectivity index (χ2n) is 18.0. The molecular weight excluding hydrogens is 801 g/mol. The highest BCUT2D eigenvalue weighted by Gasteiger charge is 2.36. The number of hydrogen-bond donors (Lipinski definition) is 0. The van der Waals surface area contributed by atoms with Crippen LogP contribution < -0.4 is 14.5 Å². The molecule has 66 heavy (non-hydrogen) atoms. The third-order valence-corrected chi connectivity index (χ3v) is 14.0. The molecule has 0 fully saturated rings. The van der Waals surface area contributed by atoms with E-state index in [-0.39, 0.29) is 5.41 Å². The molecule has 0 atom stereocenters. The summed E-state index contributed by atoms with van der Waals surface area (Å²) in [5.74, 6) is 1.70. The van der Waals surface area contributed by atoms with E-state index >= 15 is 0 Å². The molecule has 1 aliphatic carbocycles. The molecule has 312 valence electrons. The molecule has 0 amide bonds. The Morgan fingerprint density at radius 2 is 0.879 bits per heavy atom. The van der Waals surface area contributed by atoms with E-state index in [0.717, 1.165) is 62.1 Å². The minimum atomic E-state index is -0.129. The lowest BCUT2D eigenvalue weighted by Crippen LogP contribution is -2.16. The molecule has 0 saturated carbocycles. The van der Waals surface area contributed by atoms with E-state index in [9.17, 15) is 0 Å². The molecule has 0 radical (unpaired) electrons. The van der Waals surface area contributed by atoms with Crippen molar-refractivity contribution in [3.05, 3.63) is 242 Å². The van der Waals surface area contributed by atoms with Gasteiger partial charge in [-0.05, 0) is 128 Å². The first-order valence-electron chi connectivity index (χ1n) is 22.8. The van der Waals surface area contributed by atoms with Gasteiger partial charge in [-0.25, -0.2) is 0 Å². The van der Waals surface area contributed by atoms with Gasteiger partial charge in [-0.1, -0.05) is 166 Å².